The molecule has 0 spiro atoms. The van der Waals surface area contributed by atoms with Gasteiger partial charge in [0.1, 0.15) is 6.07 Å². The Bertz CT molecular complexity index is 433. The summed E-state index contributed by atoms with van der Waals surface area (Å²) in [5.74, 6) is 1.62. The predicted molar refractivity (Wildman–Crippen MR) is 66.1 cm³/mol. The van der Waals surface area contributed by atoms with E-state index in [0.29, 0.717) is 11.3 Å². The lowest BCUT2D eigenvalue weighted by Crippen LogP contribution is -2.21. The first-order valence-electron chi connectivity index (χ1n) is 5.62. The van der Waals surface area contributed by atoms with Crippen LogP contribution in [0.1, 0.15) is 18.9 Å². The zero-order chi connectivity index (χ0) is 11.7. The summed E-state index contributed by atoms with van der Waals surface area (Å²) in [5, 5.41) is 9.06. The van der Waals surface area contributed by atoms with Crippen molar-refractivity contribution in [3.8, 4) is 6.07 Å². The minimum Gasteiger partial charge on any atom is -0.399 e. The Balaban J connectivity index is 2.16. The molecule has 0 heterocycles. The zero-order valence-corrected chi connectivity index (χ0v) is 9.77. The molecule has 1 fully saturated rings. The van der Waals surface area contributed by atoms with Crippen molar-refractivity contribution in [1.82, 2.24) is 0 Å². The van der Waals surface area contributed by atoms with Crippen LogP contribution in [0.2, 0.25) is 0 Å². The molecule has 1 saturated carbocycles. The van der Waals surface area contributed by atoms with Crippen LogP contribution in [-0.2, 0) is 0 Å². The van der Waals surface area contributed by atoms with Crippen LogP contribution < -0.4 is 10.6 Å². The SMILES string of the molecule is CC1CC1CN(C)c1ccc(N)cc1C#N. The van der Waals surface area contributed by atoms with Crippen molar-refractivity contribution in [1.29, 1.82) is 5.26 Å². The molecule has 84 valence electrons. The van der Waals surface area contributed by atoms with Crippen molar-refractivity contribution < 1.29 is 0 Å². The molecule has 0 aromatic heterocycles. The number of benzene rings is 1. The van der Waals surface area contributed by atoms with Crippen LogP contribution in [-0.4, -0.2) is 13.6 Å². The summed E-state index contributed by atoms with van der Waals surface area (Å²) in [5.41, 5.74) is 7.96. The standard InChI is InChI=1S/C13H17N3/c1-9-5-11(9)8-16(2)13-4-3-12(15)6-10(13)7-14/h3-4,6,9,11H,5,8,15H2,1-2H3. The summed E-state index contributed by atoms with van der Waals surface area (Å²) in [4.78, 5) is 2.16. The number of rotatable bonds is 3. The van der Waals surface area contributed by atoms with Gasteiger partial charge in [-0.15, -0.1) is 0 Å². The summed E-state index contributed by atoms with van der Waals surface area (Å²) in [6.45, 7) is 3.30. The smallest absolute Gasteiger partial charge is 0.101 e. The monoisotopic (exact) mass is 215 g/mol. The van der Waals surface area contributed by atoms with Crippen molar-refractivity contribution in [3.05, 3.63) is 23.8 Å². The van der Waals surface area contributed by atoms with Gasteiger partial charge in [-0.3, -0.25) is 0 Å². The van der Waals surface area contributed by atoms with Crippen LogP contribution in [0.5, 0.6) is 0 Å². The molecule has 0 amide bonds. The number of nitrogen functional groups attached to an aromatic ring is 1. The van der Waals surface area contributed by atoms with Crippen molar-refractivity contribution in [2.24, 2.45) is 11.8 Å². The van der Waals surface area contributed by atoms with E-state index in [-0.39, 0.29) is 0 Å². The van der Waals surface area contributed by atoms with Gasteiger partial charge in [0.05, 0.1) is 11.3 Å². The molecule has 1 aliphatic rings. The number of hydrogen-bond donors (Lipinski definition) is 1. The summed E-state index contributed by atoms with van der Waals surface area (Å²) >= 11 is 0. The molecule has 3 heteroatoms. The van der Waals surface area contributed by atoms with E-state index >= 15 is 0 Å². The number of nitrogens with zero attached hydrogens (tertiary/aromatic N) is 2. The van der Waals surface area contributed by atoms with Gasteiger partial charge in [-0.25, -0.2) is 0 Å². The second-order valence-electron chi connectivity index (χ2n) is 4.74. The average molecular weight is 215 g/mol. The number of nitrogens with two attached hydrogens (primary N) is 1. The molecule has 2 N–H and O–H groups in total. The second-order valence-corrected chi connectivity index (χ2v) is 4.74. The Morgan fingerprint density at radius 1 is 1.56 bits per heavy atom. The van der Waals surface area contributed by atoms with Crippen molar-refractivity contribution in [2.45, 2.75) is 13.3 Å². The van der Waals surface area contributed by atoms with Gasteiger partial charge in [0.15, 0.2) is 0 Å². The topological polar surface area (TPSA) is 53.0 Å². The van der Waals surface area contributed by atoms with Gasteiger partial charge >= 0.3 is 0 Å². The maximum atomic E-state index is 9.06. The highest BCUT2D eigenvalue weighted by atomic mass is 15.1. The van der Waals surface area contributed by atoms with E-state index in [0.717, 1.165) is 24.1 Å². The minimum atomic E-state index is 0.647. The van der Waals surface area contributed by atoms with Crippen LogP contribution in [0.3, 0.4) is 0 Å². The van der Waals surface area contributed by atoms with E-state index in [1.165, 1.54) is 6.42 Å². The average Bonchev–Trinajstić information content (AvgIpc) is 2.93. The van der Waals surface area contributed by atoms with Gasteiger partial charge in [0.2, 0.25) is 0 Å². The first-order chi connectivity index (χ1) is 7.61. The fraction of sp³-hybridized carbons (Fsp3) is 0.462. The van der Waals surface area contributed by atoms with Gasteiger partial charge in [0.25, 0.3) is 0 Å². The van der Waals surface area contributed by atoms with Crippen LogP contribution in [0, 0.1) is 23.2 Å². The van der Waals surface area contributed by atoms with Crippen molar-refractivity contribution in [2.75, 3.05) is 24.2 Å². The first kappa shape index (κ1) is 10.8. The van der Waals surface area contributed by atoms with Gasteiger partial charge in [-0.1, -0.05) is 6.92 Å². The van der Waals surface area contributed by atoms with Gasteiger partial charge in [0, 0.05) is 19.3 Å². The van der Waals surface area contributed by atoms with E-state index in [9.17, 15) is 0 Å². The van der Waals surface area contributed by atoms with Crippen LogP contribution in [0.15, 0.2) is 18.2 Å². The molecule has 1 aliphatic carbocycles. The lowest BCUT2D eigenvalue weighted by molar-refractivity contribution is 0.725. The Labute approximate surface area is 96.5 Å². The molecule has 0 bridgehead atoms. The van der Waals surface area contributed by atoms with Crippen LogP contribution >= 0.6 is 0 Å². The molecular formula is C13H17N3. The fourth-order valence-corrected chi connectivity index (χ4v) is 2.08. The summed E-state index contributed by atoms with van der Waals surface area (Å²) in [6.07, 6.45) is 1.31. The Morgan fingerprint density at radius 3 is 2.81 bits per heavy atom. The lowest BCUT2D eigenvalue weighted by atomic mass is 10.1. The molecule has 2 rings (SSSR count). The first-order valence-corrected chi connectivity index (χ1v) is 5.62. The summed E-state index contributed by atoms with van der Waals surface area (Å²) in [7, 11) is 2.04. The van der Waals surface area contributed by atoms with Crippen LogP contribution in [0.25, 0.3) is 0 Å². The van der Waals surface area contributed by atoms with E-state index in [4.69, 9.17) is 11.0 Å². The molecule has 0 aliphatic heterocycles. The maximum absolute atomic E-state index is 9.06. The number of anilines is 2. The lowest BCUT2D eigenvalue weighted by Gasteiger charge is -2.20. The highest BCUT2D eigenvalue weighted by Crippen LogP contribution is 2.39. The molecule has 2 atom stereocenters. The predicted octanol–water partition coefficient (Wildman–Crippen LogP) is 2.23. The van der Waals surface area contributed by atoms with Crippen LogP contribution in [0.4, 0.5) is 11.4 Å². The fourth-order valence-electron chi connectivity index (χ4n) is 2.08. The molecule has 0 saturated heterocycles. The molecule has 1 aromatic rings. The van der Waals surface area contributed by atoms with E-state index < -0.39 is 0 Å². The highest BCUT2D eigenvalue weighted by molar-refractivity contribution is 5.64. The quantitative estimate of drug-likeness (QED) is 0.787. The van der Waals surface area contributed by atoms with E-state index in [1.807, 2.05) is 19.2 Å². The third-order valence-corrected chi connectivity index (χ3v) is 3.34. The Morgan fingerprint density at radius 2 is 2.25 bits per heavy atom. The third kappa shape index (κ3) is 2.11. The molecule has 16 heavy (non-hydrogen) atoms. The van der Waals surface area contributed by atoms with Crippen molar-refractivity contribution >= 4 is 11.4 Å². The van der Waals surface area contributed by atoms with E-state index in [2.05, 4.69) is 17.9 Å². The molecular weight excluding hydrogens is 198 g/mol. The zero-order valence-electron chi connectivity index (χ0n) is 9.77. The van der Waals surface area contributed by atoms with Gasteiger partial charge in [-0.2, -0.15) is 5.26 Å². The van der Waals surface area contributed by atoms with Gasteiger partial charge in [-0.05, 0) is 36.5 Å². The van der Waals surface area contributed by atoms with Gasteiger partial charge < -0.3 is 10.6 Å². The number of nitriles is 1. The van der Waals surface area contributed by atoms with Crippen molar-refractivity contribution in [3.63, 3.8) is 0 Å². The summed E-state index contributed by atoms with van der Waals surface area (Å²) < 4.78 is 0. The second kappa shape index (κ2) is 4.05. The molecule has 1 aromatic carbocycles. The maximum Gasteiger partial charge on any atom is 0.101 e. The normalized spacial score (nSPS) is 22.6. The largest absolute Gasteiger partial charge is 0.399 e. The molecule has 3 nitrogen and oxygen atoms in total. The Hall–Kier alpha value is -1.69. The highest BCUT2D eigenvalue weighted by Gasteiger charge is 2.33. The molecule has 2 unspecified atom stereocenters. The summed E-state index contributed by atoms with van der Waals surface area (Å²) in [6, 6.07) is 7.72. The third-order valence-electron chi connectivity index (χ3n) is 3.34. The Kier molecular flexibility index (Phi) is 2.74. The van der Waals surface area contributed by atoms with E-state index in [1.54, 1.807) is 6.07 Å². The molecule has 0 radical (unpaired) electrons. The minimum absolute atomic E-state index is 0.647. The number of hydrogen-bond acceptors (Lipinski definition) is 3.